The zero-order valence-electron chi connectivity index (χ0n) is 9.32. The van der Waals surface area contributed by atoms with Crippen molar-refractivity contribution in [2.75, 3.05) is 0 Å². The van der Waals surface area contributed by atoms with E-state index in [0.717, 1.165) is 5.56 Å². The maximum absolute atomic E-state index is 11.1. The summed E-state index contributed by atoms with van der Waals surface area (Å²) in [6, 6.07) is 11.1. The molecule has 90 valence electrons. The minimum absolute atomic E-state index is 0.0355. The van der Waals surface area contributed by atoms with Crippen LogP contribution in [0.1, 0.15) is 18.5 Å². The second-order valence-corrected chi connectivity index (χ2v) is 5.27. The number of aromatic nitrogens is 2. The van der Waals surface area contributed by atoms with Crippen molar-refractivity contribution in [2.45, 2.75) is 18.0 Å². The molecule has 1 heterocycles. The molecule has 5 nitrogen and oxygen atoms in total. The van der Waals surface area contributed by atoms with Crippen molar-refractivity contribution in [3.8, 4) is 0 Å². The SMILES string of the molecule is CC(c1ccccc1)n1ccc(S(N)(=O)=O)n1. The van der Waals surface area contributed by atoms with Crippen LogP contribution in [0.15, 0.2) is 47.6 Å². The predicted octanol–water partition coefficient (Wildman–Crippen LogP) is 1.14. The Morgan fingerprint density at radius 3 is 2.41 bits per heavy atom. The second-order valence-electron chi connectivity index (χ2n) is 3.77. The number of nitrogens with zero attached hydrogens (tertiary/aromatic N) is 2. The van der Waals surface area contributed by atoms with Crippen molar-refractivity contribution in [1.82, 2.24) is 9.78 Å². The van der Waals surface area contributed by atoms with Gasteiger partial charge >= 0.3 is 0 Å². The molecule has 0 aliphatic rings. The fraction of sp³-hybridized carbons (Fsp3) is 0.182. The first-order chi connectivity index (χ1) is 7.98. The van der Waals surface area contributed by atoms with Gasteiger partial charge < -0.3 is 0 Å². The van der Waals surface area contributed by atoms with Crippen molar-refractivity contribution in [1.29, 1.82) is 0 Å². The van der Waals surface area contributed by atoms with Crippen LogP contribution in [0.5, 0.6) is 0 Å². The summed E-state index contributed by atoms with van der Waals surface area (Å²) in [5.74, 6) is 0. The minimum atomic E-state index is -3.73. The summed E-state index contributed by atoms with van der Waals surface area (Å²) in [6.07, 6.45) is 1.61. The standard InChI is InChI=1S/C11H13N3O2S/c1-9(10-5-3-2-4-6-10)14-8-7-11(13-14)17(12,15)16/h2-9H,1H3,(H2,12,15,16). The van der Waals surface area contributed by atoms with E-state index in [1.807, 2.05) is 37.3 Å². The fourth-order valence-corrected chi connectivity index (χ4v) is 2.03. The number of primary sulfonamides is 1. The third-order valence-electron chi connectivity index (χ3n) is 2.55. The fourth-order valence-electron chi connectivity index (χ4n) is 1.57. The quantitative estimate of drug-likeness (QED) is 0.888. The van der Waals surface area contributed by atoms with Crippen molar-refractivity contribution < 1.29 is 8.42 Å². The predicted molar refractivity (Wildman–Crippen MR) is 63.9 cm³/mol. The van der Waals surface area contributed by atoms with E-state index in [-0.39, 0.29) is 11.1 Å². The van der Waals surface area contributed by atoms with E-state index in [2.05, 4.69) is 5.10 Å². The highest BCUT2D eigenvalue weighted by atomic mass is 32.2. The summed E-state index contributed by atoms with van der Waals surface area (Å²) >= 11 is 0. The number of benzene rings is 1. The number of rotatable bonds is 3. The Bertz CT molecular complexity index is 605. The summed E-state index contributed by atoms with van der Waals surface area (Å²) in [7, 11) is -3.73. The van der Waals surface area contributed by atoms with Gasteiger partial charge in [0.05, 0.1) is 6.04 Å². The second kappa shape index (κ2) is 4.31. The van der Waals surface area contributed by atoms with Crippen LogP contribution in [0.4, 0.5) is 0 Å². The highest BCUT2D eigenvalue weighted by Crippen LogP contribution is 2.17. The molecule has 0 aliphatic carbocycles. The monoisotopic (exact) mass is 251 g/mol. The molecule has 2 aromatic rings. The van der Waals surface area contributed by atoms with Crippen LogP contribution >= 0.6 is 0 Å². The van der Waals surface area contributed by atoms with Crippen LogP contribution in [0.3, 0.4) is 0 Å². The molecule has 0 bridgehead atoms. The van der Waals surface area contributed by atoms with E-state index in [4.69, 9.17) is 5.14 Å². The molecule has 1 aromatic heterocycles. The third kappa shape index (κ3) is 2.54. The first-order valence-electron chi connectivity index (χ1n) is 5.11. The van der Waals surface area contributed by atoms with Gasteiger partial charge in [-0.3, -0.25) is 4.68 Å². The van der Waals surface area contributed by atoms with Crippen molar-refractivity contribution >= 4 is 10.0 Å². The molecule has 2 rings (SSSR count). The molecule has 2 N–H and O–H groups in total. The topological polar surface area (TPSA) is 78.0 Å². The molecule has 0 amide bonds. The Labute approximate surface area is 99.9 Å². The van der Waals surface area contributed by atoms with E-state index < -0.39 is 10.0 Å². The average Bonchev–Trinajstić information content (AvgIpc) is 2.78. The van der Waals surface area contributed by atoms with Gasteiger partial charge in [0.2, 0.25) is 0 Å². The molecule has 0 fully saturated rings. The number of sulfonamides is 1. The van der Waals surface area contributed by atoms with Crippen molar-refractivity contribution in [2.24, 2.45) is 5.14 Å². The van der Waals surface area contributed by atoms with Crippen molar-refractivity contribution in [3.63, 3.8) is 0 Å². The van der Waals surface area contributed by atoms with E-state index in [9.17, 15) is 8.42 Å². The first-order valence-corrected chi connectivity index (χ1v) is 6.66. The van der Waals surface area contributed by atoms with Gasteiger partial charge in [-0.15, -0.1) is 0 Å². The van der Waals surface area contributed by atoms with Gasteiger partial charge in [0, 0.05) is 6.20 Å². The molecule has 1 aromatic carbocycles. The molecule has 0 aliphatic heterocycles. The molecule has 0 saturated heterocycles. The summed E-state index contributed by atoms with van der Waals surface area (Å²) in [5, 5.41) is 8.86. The van der Waals surface area contributed by atoms with E-state index in [0.29, 0.717) is 0 Å². The van der Waals surface area contributed by atoms with E-state index >= 15 is 0 Å². The summed E-state index contributed by atoms with van der Waals surface area (Å²) in [4.78, 5) is 0. The van der Waals surface area contributed by atoms with Crippen LogP contribution in [0.2, 0.25) is 0 Å². The summed E-state index contributed by atoms with van der Waals surface area (Å²) in [6.45, 7) is 1.94. The van der Waals surface area contributed by atoms with Gasteiger partial charge in [-0.1, -0.05) is 30.3 Å². The molecular formula is C11H13N3O2S. The lowest BCUT2D eigenvalue weighted by molar-refractivity contribution is 0.542. The van der Waals surface area contributed by atoms with Gasteiger partial charge in [0.25, 0.3) is 10.0 Å². The third-order valence-corrected chi connectivity index (χ3v) is 3.35. The number of hydrogen-bond acceptors (Lipinski definition) is 3. The average molecular weight is 251 g/mol. The van der Waals surface area contributed by atoms with Gasteiger partial charge in [0.1, 0.15) is 0 Å². The van der Waals surface area contributed by atoms with Gasteiger partial charge in [-0.25, -0.2) is 13.6 Å². The van der Waals surface area contributed by atoms with Gasteiger partial charge in [-0.05, 0) is 18.6 Å². The van der Waals surface area contributed by atoms with Crippen LogP contribution in [-0.2, 0) is 10.0 Å². The van der Waals surface area contributed by atoms with Crippen LogP contribution in [-0.4, -0.2) is 18.2 Å². The smallest absolute Gasteiger partial charge is 0.257 e. The molecule has 0 spiro atoms. The molecule has 1 unspecified atom stereocenters. The zero-order valence-corrected chi connectivity index (χ0v) is 10.1. The molecule has 6 heteroatoms. The highest BCUT2D eigenvalue weighted by molar-refractivity contribution is 7.89. The first kappa shape index (κ1) is 11.8. The Morgan fingerprint density at radius 2 is 1.88 bits per heavy atom. The maximum atomic E-state index is 11.1. The molecule has 1 atom stereocenters. The lowest BCUT2D eigenvalue weighted by Gasteiger charge is -2.11. The van der Waals surface area contributed by atoms with Crippen LogP contribution in [0.25, 0.3) is 0 Å². The Hall–Kier alpha value is -1.66. The molecule has 0 radical (unpaired) electrons. The maximum Gasteiger partial charge on any atom is 0.257 e. The molecule has 0 saturated carbocycles. The largest absolute Gasteiger partial charge is 0.264 e. The Balaban J connectivity index is 2.33. The Kier molecular flexibility index (Phi) is 2.99. The van der Waals surface area contributed by atoms with Crippen LogP contribution < -0.4 is 5.14 Å². The molecular weight excluding hydrogens is 238 g/mol. The van der Waals surface area contributed by atoms with E-state index in [1.165, 1.54) is 6.07 Å². The van der Waals surface area contributed by atoms with E-state index in [1.54, 1.807) is 10.9 Å². The summed E-state index contributed by atoms with van der Waals surface area (Å²) in [5.41, 5.74) is 1.05. The lowest BCUT2D eigenvalue weighted by atomic mass is 10.1. The number of nitrogens with two attached hydrogens (primary N) is 1. The normalized spacial score (nSPS) is 13.5. The van der Waals surface area contributed by atoms with Crippen LogP contribution in [0, 0.1) is 0 Å². The highest BCUT2D eigenvalue weighted by Gasteiger charge is 2.14. The lowest BCUT2D eigenvalue weighted by Crippen LogP contribution is -2.14. The zero-order chi connectivity index (χ0) is 12.5. The number of hydrogen-bond donors (Lipinski definition) is 1. The van der Waals surface area contributed by atoms with Crippen molar-refractivity contribution in [3.05, 3.63) is 48.2 Å². The van der Waals surface area contributed by atoms with Gasteiger partial charge in [0.15, 0.2) is 5.03 Å². The Morgan fingerprint density at radius 1 is 1.24 bits per heavy atom. The van der Waals surface area contributed by atoms with Gasteiger partial charge in [-0.2, -0.15) is 5.10 Å². The molecule has 17 heavy (non-hydrogen) atoms. The summed E-state index contributed by atoms with van der Waals surface area (Å²) < 4.78 is 23.8. The minimum Gasteiger partial charge on any atom is -0.264 e.